The molecule has 0 radical (unpaired) electrons. The minimum Gasteiger partial charge on any atom is -0.489 e. The molecule has 2 aliphatic carbocycles. The molecule has 0 spiro atoms. The molecule has 3 fully saturated rings. The Morgan fingerprint density at radius 2 is 1.88 bits per heavy atom. The Balaban J connectivity index is 1.25. The number of hydrogen-bond donors (Lipinski definition) is 2. The number of amides is 3. The van der Waals surface area contributed by atoms with Crippen LogP contribution in [0.2, 0.25) is 0 Å². The van der Waals surface area contributed by atoms with Crippen LogP contribution in [-0.4, -0.2) is 53.5 Å². The van der Waals surface area contributed by atoms with Crippen molar-refractivity contribution < 1.29 is 32.3 Å². The lowest BCUT2D eigenvalue weighted by molar-refractivity contribution is -0.186. The van der Waals surface area contributed by atoms with E-state index in [9.17, 15) is 27.6 Å². The first-order chi connectivity index (χ1) is 16.2. The molecule has 184 valence electrons. The normalized spacial score (nSPS) is 28.5. The fraction of sp³-hybridized carbons (Fsp3) is 0.625. The number of imide groups is 1. The second-order valence-electron chi connectivity index (χ2n) is 9.93. The van der Waals surface area contributed by atoms with Crippen LogP contribution in [0.25, 0.3) is 0 Å². The van der Waals surface area contributed by atoms with E-state index < -0.39 is 23.5 Å². The fourth-order valence-corrected chi connectivity index (χ4v) is 5.31. The lowest BCUT2D eigenvalue weighted by Crippen LogP contribution is -2.52. The van der Waals surface area contributed by atoms with Gasteiger partial charge in [-0.25, -0.2) is 0 Å². The molecule has 1 saturated heterocycles. The summed E-state index contributed by atoms with van der Waals surface area (Å²) in [7, 11) is 0. The monoisotopic (exact) mass is 479 g/mol. The van der Waals surface area contributed by atoms with Crippen LogP contribution >= 0.6 is 0 Å². The summed E-state index contributed by atoms with van der Waals surface area (Å²) in [6.45, 7) is 0.165. The van der Waals surface area contributed by atoms with E-state index in [1.807, 2.05) is 0 Å². The van der Waals surface area contributed by atoms with Crippen LogP contribution in [0.1, 0.15) is 67.3 Å². The quantitative estimate of drug-likeness (QED) is 0.613. The number of hydrogen-bond acceptors (Lipinski definition) is 5. The smallest absolute Gasteiger partial charge is 0.395 e. The van der Waals surface area contributed by atoms with E-state index in [1.165, 1.54) is 4.90 Å². The van der Waals surface area contributed by atoms with Crippen LogP contribution in [-0.2, 0) is 16.1 Å². The number of carbonyl (C=O) groups is 3. The maximum absolute atomic E-state index is 13.3. The lowest BCUT2D eigenvalue weighted by Gasteiger charge is -2.34. The van der Waals surface area contributed by atoms with Gasteiger partial charge >= 0.3 is 6.18 Å². The predicted molar refractivity (Wildman–Crippen MR) is 115 cm³/mol. The molecule has 7 nitrogen and oxygen atoms in total. The van der Waals surface area contributed by atoms with Gasteiger partial charge in [0.15, 0.2) is 0 Å². The van der Waals surface area contributed by atoms with Gasteiger partial charge in [0.05, 0.1) is 5.41 Å². The van der Waals surface area contributed by atoms with Crippen LogP contribution < -0.4 is 15.4 Å². The van der Waals surface area contributed by atoms with Gasteiger partial charge in [-0.1, -0.05) is 6.42 Å². The highest BCUT2D eigenvalue weighted by Crippen LogP contribution is 2.57. The van der Waals surface area contributed by atoms with Gasteiger partial charge in [0.25, 0.3) is 5.91 Å². The third-order valence-corrected chi connectivity index (χ3v) is 7.64. The number of nitrogens with zero attached hydrogens (tertiary/aromatic N) is 1. The summed E-state index contributed by atoms with van der Waals surface area (Å²) in [5, 5.41) is 5.43. The van der Waals surface area contributed by atoms with Crippen molar-refractivity contribution in [3.8, 4) is 5.75 Å². The number of halogens is 3. The summed E-state index contributed by atoms with van der Waals surface area (Å²) in [6.07, 6.45) is -0.227. The standard InChI is InChI=1S/C24H28F3N3O4/c25-24(26,27)23(9-10-23)13-28-17-3-1-2-4-19(17)34-15-5-6-16-14(11-15)12-30(22(16)33)18-7-8-20(31)29-21(18)32/h5-6,11,17-19,28H,1-4,7-10,12-13H2,(H,29,31,32)/t17-,18?,19-/m1/s1. The second-order valence-corrected chi connectivity index (χ2v) is 9.93. The van der Waals surface area contributed by atoms with Crippen molar-refractivity contribution in [1.29, 1.82) is 0 Å². The second kappa shape index (κ2) is 8.55. The molecule has 0 aromatic heterocycles. The Morgan fingerprint density at radius 3 is 2.59 bits per heavy atom. The zero-order valence-electron chi connectivity index (χ0n) is 18.7. The van der Waals surface area contributed by atoms with Gasteiger partial charge in [-0.2, -0.15) is 13.2 Å². The van der Waals surface area contributed by atoms with E-state index in [2.05, 4.69) is 10.6 Å². The summed E-state index contributed by atoms with van der Waals surface area (Å²) in [4.78, 5) is 38.0. The lowest BCUT2D eigenvalue weighted by atomic mass is 9.91. The van der Waals surface area contributed by atoms with Gasteiger partial charge < -0.3 is 15.0 Å². The Bertz CT molecular complexity index is 1010. The van der Waals surface area contributed by atoms with Crippen LogP contribution in [0.5, 0.6) is 5.75 Å². The highest BCUT2D eigenvalue weighted by atomic mass is 19.4. The van der Waals surface area contributed by atoms with E-state index in [1.54, 1.807) is 18.2 Å². The molecule has 1 aromatic carbocycles. The predicted octanol–water partition coefficient (Wildman–Crippen LogP) is 3.07. The van der Waals surface area contributed by atoms with E-state index in [0.29, 0.717) is 17.7 Å². The Labute approximate surface area is 195 Å². The Hall–Kier alpha value is -2.62. The van der Waals surface area contributed by atoms with Crippen molar-refractivity contribution >= 4 is 17.7 Å². The third-order valence-electron chi connectivity index (χ3n) is 7.64. The first-order valence-corrected chi connectivity index (χ1v) is 11.9. The first kappa shape index (κ1) is 23.1. The van der Waals surface area contributed by atoms with E-state index in [0.717, 1.165) is 31.2 Å². The maximum Gasteiger partial charge on any atom is 0.395 e. The largest absolute Gasteiger partial charge is 0.489 e. The topological polar surface area (TPSA) is 87.7 Å². The number of piperidine rings is 1. The van der Waals surface area contributed by atoms with E-state index >= 15 is 0 Å². The van der Waals surface area contributed by atoms with Gasteiger partial charge in [-0.3, -0.25) is 19.7 Å². The highest BCUT2D eigenvalue weighted by molar-refractivity contribution is 6.05. The van der Waals surface area contributed by atoms with Crippen molar-refractivity contribution in [2.24, 2.45) is 5.41 Å². The summed E-state index contributed by atoms with van der Waals surface area (Å²) in [6, 6.07) is 4.31. The van der Waals surface area contributed by atoms with Gasteiger partial charge in [0, 0.05) is 31.1 Å². The van der Waals surface area contributed by atoms with Crippen LogP contribution in [0.4, 0.5) is 13.2 Å². The number of rotatable bonds is 6. The summed E-state index contributed by atoms with van der Waals surface area (Å²) < 4.78 is 46.2. The van der Waals surface area contributed by atoms with Crippen molar-refractivity contribution in [1.82, 2.24) is 15.5 Å². The molecule has 0 bridgehead atoms. The molecule has 3 amide bonds. The molecule has 5 rings (SSSR count). The van der Waals surface area contributed by atoms with Crippen molar-refractivity contribution in [3.05, 3.63) is 29.3 Å². The molecular formula is C24H28F3N3O4. The van der Waals surface area contributed by atoms with Crippen molar-refractivity contribution in [2.75, 3.05) is 6.54 Å². The number of carbonyl (C=O) groups excluding carboxylic acids is 3. The molecule has 4 aliphatic rings. The summed E-state index contributed by atoms with van der Waals surface area (Å²) in [5.74, 6) is -0.487. The minimum absolute atomic E-state index is 0.0827. The average molecular weight is 479 g/mol. The van der Waals surface area contributed by atoms with Crippen LogP contribution in [0.3, 0.4) is 0 Å². The van der Waals surface area contributed by atoms with E-state index in [4.69, 9.17) is 4.74 Å². The van der Waals surface area contributed by atoms with Gasteiger partial charge in [-0.05, 0) is 62.3 Å². The first-order valence-electron chi connectivity index (χ1n) is 11.9. The average Bonchev–Trinajstić information content (AvgIpc) is 3.52. The number of fused-ring (bicyclic) bond motifs is 1. The zero-order valence-corrected chi connectivity index (χ0v) is 18.7. The van der Waals surface area contributed by atoms with Crippen LogP contribution in [0, 0.1) is 5.41 Å². The Kier molecular flexibility index (Phi) is 5.82. The van der Waals surface area contributed by atoms with Crippen LogP contribution in [0.15, 0.2) is 18.2 Å². The molecule has 2 heterocycles. The summed E-state index contributed by atoms with van der Waals surface area (Å²) in [5.41, 5.74) is -0.361. The van der Waals surface area contributed by atoms with E-state index in [-0.39, 0.29) is 56.3 Å². The van der Waals surface area contributed by atoms with Gasteiger partial charge in [0.2, 0.25) is 11.8 Å². The molecule has 1 unspecified atom stereocenters. The van der Waals surface area contributed by atoms with Crippen molar-refractivity contribution in [3.63, 3.8) is 0 Å². The maximum atomic E-state index is 13.3. The number of benzene rings is 1. The molecule has 3 atom stereocenters. The highest BCUT2D eigenvalue weighted by Gasteiger charge is 2.62. The van der Waals surface area contributed by atoms with Gasteiger partial charge in [0.1, 0.15) is 17.9 Å². The zero-order chi connectivity index (χ0) is 24.1. The molecule has 2 N–H and O–H groups in total. The van der Waals surface area contributed by atoms with Gasteiger partial charge in [-0.15, -0.1) is 0 Å². The number of ether oxygens (including phenoxy) is 1. The minimum atomic E-state index is -4.19. The Morgan fingerprint density at radius 1 is 1.12 bits per heavy atom. The SMILES string of the molecule is O=C1CCC(N2Cc3cc(O[C@@H]4CCCC[C@H]4NCC4(C(F)(F)F)CC4)ccc3C2=O)C(=O)N1. The molecule has 2 saturated carbocycles. The molecule has 1 aromatic rings. The molecular weight excluding hydrogens is 451 g/mol. The summed E-state index contributed by atoms with van der Waals surface area (Å²) >= 11 is 0. The molecule has 34 heavy (non-hydrogen) atoms. The van der Waals surface area contributed by atoms with Crippen molar-refractivity contribution in [2.45, 2.75) is 82.3 Å². The third kappa shape index (κ3) is 4.28. The number of alkyl halides is 3. The number of nitrogens with one attached hydrogen (secondary N) is 2. The molecule has 10 heteroatoms. The fourth-order valence-electron chi connectivity index (χ4n) is 5.31. The molecule has 2 aliphatic heterocycles.